The third kappa shape index (κ3) is 2.81. The summed E-state index contributed by atoms with van der Waals surface area (Å²) in [6, 6.07) is -0.112. The molecule has 1 aromatic rings. The van der Waals surface area contributed by atoms with Crippen molar-refractivity contribution >= 4 is 25.1 Å². The SMILES string of the molecule is C#Cc1c([Si](C)(C)C)cnc(N2CC(C)(C)NC2=O)c1C. The second-order valence-corrected chi connectivity index (χ2v) is 12.3. The number of aromatic nitrogens is 1. The Morgan fingerprint density at radius 2 is 2.05 bits per heavy atom. The molecule has 1 N–H and O–H groups in total. The molecule has 2 heterocycles. The summed E-state index contributed by atoms with van der Waals surface area (Å²) in [5.74, 6) is 3.48. The van der Waals surface area contributed by atoms with Crippen LogP contribution in [0.5, 0.6) is 0 Å². The highest BCUT2D eigenvalue weighted by Crippen LogP contribution is 2.26. The van der Waals surface area contributed by atoms with Crippen LogP contribution in [0.15, 0.2) is 6.20 Å². The lowest BCUT2D eigenvalue weighted by molar-refractivity contribution is 0.248. The average Bonchev–Trinajstić information content (AvgIpc) is 2.61. The Hall–Kier alpha value is -1.80. The summed E-state index contributed by atoms with van der Waals surface area (Å²) >= 11 is 0. The summed E-state index contributed by atoms with van der Waals surface area (Å²) in [7, 11) is -1.56. The van der Waals surface area contributed by atoms with Crippen molar-refractivity contribution in [1.82, 2.24) is 10.3 Å². The first-order chi connectivity index (χ1) is 9.57. The first kappa shape index (κ1) is 15.6. The fourth-order valence-corrected chi connectivity index (χ4v) is 4.12. The van der Waals surface area contributed by atoms with Gasteiger partial charge in [0.1, 0.15) is 5.82 Å². The van der Waals surface area contributed by atoms with Gasteiger partial charge in [-0.15, -0.1) is 6.42 Å². The van der Waals surface area contributed by atoms with Gasteiger partial charge < -0.3 is 5.32 Å². The second-order valence-electron chi connectivity index (χ2n) is 7.29. The number of carbonyl (C=O) groups is 1. The fourth-order valence-electron chi connectivity index (χ4n) is 2.66. The molecule has 0 radical (unpaired) electrons. The van der Waals surface area contributed by atoms with Gasteiger partial charge in [0.15, 0.2) is 0 Å². The van der Waals surface area contributed by atoms with Gasteiger partial charge in [0.05, 0.1) is 20.2 Å². The van der Waals surface area contributed by atoms with Crippen molar-refractivity contribution in [3.05, 3.63) is 17.3 Å². The van der Waals surface area contributed by atoms with Crippen LogP contribution in [0.3, 0.4) is 0 Å². The van der Waals surface area contributed by atoms with Crippen LogP contribution < -0.4 is 15.4 Å². The Bertz CT molecular complexity index is 638. The van der Waals surface area contributed by atoms with Crippen molar-refractivity contribution in [2.45, 2.75) is 46.0 Å². The maximum Gasteiger partial charge on any atom is 0.323 e. The van der Waals surface area contributed by atoms with Crippen molar-refractivity contribution in [2.75, 3.05) is 11.4 Å². The van der Waals surface area contributed by atoms with Crippen LogP contribution in [0.25, 0.3) is 0 Å². The lowest BCUT2D eigenvalue weighted by Gasteiger charge is -2.24. The van der Waals surface area contributed by atoms with Crippen LogP contribution in [0.2, 0.25) is 19.6 Å². The molecule has 0 atom stereocenters. The minimum absolute atomic E-state index is 0.112. The first-order valence-electron chi connectivity index (χ1n) is 7.13. The Morgan fingerprint density at radius 3 is 2.48 bits per heavy atom. The quantitative estimate of drug-likeness (QED) is 0.672. The minimum Gasteiger partial charge on any atom is -0.331 e. The average molecular weight is 301 g/mol. The summed E-state index contributed by atoms with van der Waals surface area (Å²) in [6.07, 6.45) is 7.59. The number of hydrogen-bond acceptors (Lipinski definition) is 2. The normalized spacial score (nSPS) is 17.6. The van der Waals surface area contributed by atoms with E-state index in [1.807, 2.05) is 27.0 Å². The molecule has 1 aliphatic heterocycles. The topological polar surface area (TPSA) is 45.2 Å². The number of pyridine rings is 1. The maximum atomic E-state index is 12.2. The van der Waals surface area contributed by atoms with E-state index in [4.69, 9.17) is 6.42 Å². The summed E-state index contributed by atoms with van der Waals surface area (Å²) in [6.45, 7) is 13.3. The van der Waals surface area contributed by atoms with Crippen molar-refractivity contribution in [3.63, 3.8) is 0 Å². The van der Waals surface area contributed by atoms with E-state index in [1.54, 1.807) is 4.90 Å². The van der Waals surface area contributed by atoms with Gasteiger partial charge in [-0.05, 0) is 26.0 Å². The van der Waals surface area contributed by atoms with Crippen LogP contribution >= 0.6 is 0 Å². The molecule has 0 bridgehead atoms. The number of nitrogens with one attached hydrogen (secondary N) is 1. The van der Waals surface area contributed by atoms with E-state index in [0.717, 1.165) is 11.1 Å². The molecule has 0 aliphatic carbocycles. The van der Waals surface area contributed by atoms with Crippen LogP contribution in [-0.2, 0) is 0 Å². The van der Waals surface area contributed by atoms with E-state index in [1.165, 1.54) is 5.19 Å². The molecule has 21 heavy (non-hydrogen) atoms. The number of urea groups is 1. The molecule has 0 aromatic carbocycles. The smallest absolute Gasteiger partial charge is 0.323 e. The van der Waals surface area contributed by atoms with E-state index in [-0.39, 0.29) is 11.6 Å². The molecule has 2 rings (SSSR count). The van der Waals surface area contributed by atoms with Crippen LogP contribution in [0.4, 0.5) is 10.6 Å². The van der Waals surface area contributed by atoms with Gasteiger partial charge in [-0.25, -0.2) is 9.78 Å². The van der Waals surface area contributed by atoms with Gasteiger partial charge >= 0.3 is 6.03 Å². The summed E-state index contributed by atoms with van der Waals surface area (Å²) in [5.41, 5.74) is 1.57. The zero-order valence-corrected chi connectivity index (χ0v) is 14.7. The number of carbonyl (C=O) groups excluding carboxylic acids is 1. The lowest BCUT2D eigenvalue weighted by atomic mass is 10.1. The molecule has 0 unspecified atom stereocenters. The lowest BCUT2D eigenvalue weighted by Crippen LogP contribution is -2.41. The van der Waals surface area contributed by atoms with Gasteiger partial charge in [0.2, 0.25) is 0 Å². The highest BCUT2D eigenvalue weighted by molar-refractivity contribution is 6.89. The third-order valence-electron chi connectivity index (χ3n) is 3.75. The predicted molar refractivity (Wildman–Crippen MR) is 89.8 cm³/mol. The standard InChI is InChI=1S/C16H23N3OSi/c1-8-12-11(2)14(17-9-13(12)21(5,6)7)19-10-16(3,4)18-15(19)20/h1,9H,10H2,2-7H3,(H,18,20). The van der Waals surface area contributed by atoms with E-state index in [2.05, 4.69) is 35.9 Å². The van der Waals surface area contributed by atoms with Gasteiger partial charge in [-0.1, -0.05) is 25.6 Å². The summed E-state index contributed by atoms with van der Waals surface area (Å²) in [4.78, 5) is 18.4. The highest BCUT2D eigenvalue weighted by atomic mass is 28.3. The molecule has 5 heteroatoms. The predicted octanol–water partition coefficient (Wildman–Crippen LogP) is 2.22. The molecule has 1 fully saturated rings. The van der Waals surface area contributed by atoms with Gasteiger partial charge in [0.25, 0.3) is 0 Å². The van der Waals surface area contributed by atoms with E-state index in [9.17, 15) is 4.79 Å². The molecule has 1 aliphatic rings. The second kappa shape index (κ2) is 4.88. The molecule has 1 saturated heterocycles. The Kier molecular flexibility index (Phi) is 3.62. The molecule has 0 spiro atoms. The minimum atomic E-state index is -1.56. The molecule has 4 nitrogen and oxygen atoms in total. The zero-order valence-electron chi connectivity index (χ0n) is 13.7. The summed E-state index contributed by atoms with van der Waals surface area (Å²) in [5, 5.41) is 4.13. The zero-order chi connectivity index (χ0) is 16.0. The Morgan fingerprint density at radius 1 is 1.43 bits per heavy atom. The van der Waals surface area contributed by atoms with Crippen molar-refractivity contribution < 1.29 is 4.79 Å². The van der Waals surface area contributed by atoms with Gasteiger partial charge in [0, 0.05) is 17.3 Å². The van der Waals surface area contributed by atoms with Crippen LogP contribution in [0.1, 0.15) is 25.0 Å². The fraction of sp³-hybridized carbons (Fsp3) is 0.500. The van der Waals surface area contributed by atoms with Gasteiger partial charge in [-0.2, -0.15) is 0 Å². The molecule has 1 aromatic heterocycles. The third-order valence-corrected chi connectivity index (χ3v) is 5.74. The highest BCUT2D eigenvalue weighted by Gasteiger charge is 2.37. The largest absolute Gasteiger partial charge is 0.331 e. The van der Waals surface area contributed by atoms with Crippen molar-refractivity contribution in [2.24, 2.45) is 0 Å². The van der Waals surface area contributed by atoms with Crippen molar-refractivity contribution in [3.8, 4) is 12.3 Å². The molecular weight excluding hydrogens is 278 g/mol. The van der Waals surface area contributed by atoms with Crippen LogP contribution in [0, 0.1) is 19.3 Å². The first-order valence-corrected chi connectivity index (χ1v) is 10.6. The number of nitrogens with zero attached hydrogens (tertiary/aromatic N) is 2. The molecule has 112 valence electrons. The number of terminal acetylenes is 1. The molecule has 2 amide bonds. The molecular formula is C16H23N3OSi. The van der Waals surface area contributed by atoms with E-state index in [0.29, 0.717) is 12.4 Å². The Labute approximate surface area is 128 Å². The molecule has 0 saturated carbocycles. The number of amides is 2. The monoisotopic (exact) mass is 301 g/mol. The Balaban J connectivity index is 2.54. The number of hydrogen-bond donors (Lipinski definition) is 1. The van der Waals surface area contributed by atoms with E-state index < -0.39 is 8.07 Å². The summed E-state index contributed by atoms with van der Waals surface area (Å²) < 4.78 is 0. The maximum absolute atomic E-state index is 12.2. The number of anilines is 1. The number of rotatable bonds is 2. The van der Waals surface area contributed by atoms with Gasteiger partial charge in [-0.3, -0.25) is 4.90 Å². The van der Waals surface area contributed by atoms with Crippen LogP contribution in [-0.4, -0.2) is 31.2 Å². The van der Waals surface area contributed by atoms with Crippen molar-refractivity contribution in [1.29, 1.82) is 0 Å². The van der Waals surface area contributed by atoms with E-state index >= 15 is 0 Å².